The van der Waals surface area contributed by atoms with E-state index in [0.29, 0.717) is 17.6 Å². The lowest BCUT2D eigenvalue weighted by Gasteiger charge is -2.36. The molecule has 0 spiro atoms. The van der Waals surface area contributed by atoms with Crippen LogP contribution in [-0.4, -0.2) is 30.7 Å². The van der Waals surface area contributed by atoms with Gasteiger partial charge in [-0.1, -0.05) is 26.7 Å². The number of hydrogen-bond acceptors (Lipinski definition) is 4. The molecule has 2 N–H and O–H groups in total. The molecule has 18 heavy (non-hydrogen) atoms. The Morgan fingerprint density at radius 1 is 1.61 bits per heavy atom. The van der Waals surface area contributed by atoms with Crippen molar-refractivity contribution in [2.24, 2.45) is 5.92 Å². The first-order valence-electron chi connectivity index (χ1n) is 6.40. The van der Waals surface area contributed by atoms with E-state index >= 15 is 0 Å². The van der Waals surface area contributed by atoms with E-state index in [1.807, 2.05) is 11.9 Å². The number of carboxylic acid groups (broad SMARTS) is 1. The zero-order valence-corrected chi connectivity index (χ0v) is 11.1. The Morgan fingerprint density at radius 2 is 2.28 bits per heavy atom. The Balaban J connectivity index is 2.28. The monoisotopic (exact) mass is 252 g/mol. The minimum absolute atomic E-state index is 0.0167. The number of nitrogens with one attached hydrogen (secondary N) is 1. The molecule has 0 saturated carbocycles. The topological polar surface area (TPSA) is 65.7 Å². The molecule has 5 heteroatoms. The Hall–Kier alpha value is -1.65. The molecule has 1 atom stereocenters. The molecule has 1 unspecified atom stereocenters. The molecule has 0 fully saturated rings. The molecule has 0 saturated heterocycles. The zero-order chi connectivity index (χ0) is 13.3. The van der Waals surface area contributed by atoms with Crippen LogP contribution in [0.4, 0.5) is 11.4 Å². The molecule has 0 amide bonds. The van der Waals surface area contributed by atoms with Crippen molar-refractivity contribution in [3.8, 4) is 0 Å². The molecule has 1 aliphatic rings. The number of fused-ring (bicyclic) bond motifs is 1. The summed E-state index contributed by atoms with van der Waals surface area (Å²) in [6.07, 6.45) is 3.73. The molecule has 1 aliphatic heterocycles. The minimum Gasteiger partial charge on any atom is -0.475 e. The zero-order valence-electron chi connectivity index (χ0n) is 11.1. The summed E-state index contributed by atoms with van der Waals surface area (Å²) in [4.78, 5) is 13.0. The summed E-state index contributed by atoms with van der Waals surface area (Å²) in [6, 6.07) is 0.344. The molecule has 5 nitrogen and oxygen atoms in total. The minimum atomic E-state index is -1.02. The van der Waals surface area contributed by atoms with Gasteiger partial charge in [-0.3, -0.25) is 0 Å². The highest BCUT2D eigenvalue weighted by Gasteiger charge is 2.32. The van der Waals surface area contributed by atoms with Crippen LogP contribution in [0.25, 0.3) is 0 Å². The lowest BCUT2D eigenvalue weighted by atomic mass is 9.92. The maximum Gasteiger partial charge on any atom is 0.374 e. The van der Waals surface area contributed by atoms with E-state index in [1.165, 1.54) is 6.26 Å². The normalized spacial score (nSPS) is 18.7. The van der Waals surface area contributed by atoms with Gasteiger partial charge in [-0.2, -0.15) is 0 Å². The highest BCUT2D eigenvalue weighted by atomic mass is 16.4. The molecule has 0 bridgehead atoms. The van der Waals surface area contributed by atoms with Gasteiger partial charge in [0.25, 0.3) is 0 Å². The number of aromatic carboxylic acids is 1. The lowest BCUT2D eigenvalue weighted by Crippen LogP contribution is -2.43. The number of nitrogens with zero attached hydrogens (tertiary/aromatic N) is 1. The molecule has 0 aliphatic carbocycles. The van der Waals surface area contributed by atoms with Crippen molar-refractivity contribution in [2.75, 3.05) is 23.8 Å². The summed E-state index contributed by atoms with van der Waals surface area (Å²) < 4.78 is 5.14. The van der Waals surface area contributed by atoms with Crippen LogP contribution in [0.5, 0.6) is 0 Å². The highest BCUT2D eigenvalue weighted by molar-refractivity contribution is 5.96. The number of hydrogen-bond donors (Lipinski definition) is 2. The largest absolute Gasteiger partial charge is 0.475 e. The van der Waals surface area contributed by atoms with Gasteiger partial charge in [0.2, 0.25) is 5.76 Å². The average Bonchev–Trinajstić information content (AvgIpc) is 2.75. The average molecular weight is 252 g/mol. The first-order valence-corrected chi connectivity index (χ1v) is 6.40. The summed E-state index contributed by atoms with van der Waals surface area (Å²) in [5.41, 5.74) is 1.45. The van der Waals surface area contributed by atoms with E-state index in [2.05, 4.69) is 19.2 Å². The smallest absolute Gasteiger partial charge is 0.374 e. The number of likely N-dealkylation sites (N-methyl/N-ethyl adjacent to an activating group) is 1. The van der Waals surface area contributed by atoms with Gasteiger partial charge < -0.3 is 19.7 Å². The van der Waals surface area contributed by atoms with Gasteiger partial charge in [0.1, 0.15) is 12.0 Å². The van der Waals surface area contributed by atoms with E-state index < -0.39 is 5.97 Å². The summed E-state index contributed by atoms with van der Waals surface area (Å²) in [5.74, 6) is -0.419. The fourth-order valence-electron chi connectivity index (χ4n) is 2.74. The van der Waals surface area contributed by atoms with Gasteiger partial charge in [-0.25, -0.2) is 4.79 Å². The summed E-state index contributed by atoms with van der Waals surface area (Å²) >= 11 is 0. The fraction of sp³-hybridized carbons (Fsp3) is 0.615. The number of carboxylic acids is 1. The standard InChI is InChI=1S/C13H20N2O3/c1-4-8(5-2)9-6-15(3)11-10(14-9)7-18-12(11)13(16)17/h7-9,14H,4-6H2,1-3H3,(H,16,17). The third-order valence-corrected chi connectivity index (χ3v) is 3.77. The van der Waals surface area contributed by atoms with E-state index in [1.54, 1.807) is 0 Å². The van der Waals surface area contributed by atoms with E-state index in [0.717, 1.165) is 25.1 Å². The predicted molar refractivity (Wildman–Crippen MR) is 70.4 cm³/mol. The molecule has 1 aromatic heterocycles. The third kappa shape index (κ3) is 2.05. The van der Waals surface area contributed by atoms with Gasteiger partial charge >= 0.3 is 5.97 Å². The Kier molecular flexibility index (Phi) is 3.50. The van der Waals surface area contributed by atoms with Crippen LogP contribution < -0.4 is 10.2 Å². The van der Waals surface area contributed by atoms with Gasteiger partial charge in [0.05, 0.1) is 5.69 Å². The molecule has 0 radical (unpaired) electrons. The van der Waals surface area contributed by atoms with Crippen molar-refractivity contribution in [3.63, 3.8) is 0 Å². The number of carbonyl (C=O) groups is 1. The van der Waals surface area contributed by atoms with E-state index in [9.17, 15) is 4.79 Å². The first kappa shape index (κ1) is 12.8. The van der Waals surface area contributed by atoms with E-state index in [4.69, 9.17) is 9.52 Å². The Bertz CT molecular complexity index is 437. The maximum atomic E-state index is 11.1. The Labute approximate surface area is 107 Å². The van der Waals surface area contributed by atoms with Crippen LogP contribution in [0.3, 0.4) is 0 Å². The maximum absolute atomic E-state index is 11.1. The second-order valence-corrected chi connectivity index (χ2v) is 4.84. The second kappa shape index (κ2) is 4.92. The molecular formula is C13H20N2O3. The quantitative estimate of drug-likeness (QED) is 0.862. The lowest BCUT2D eigenvalue weighted by molar-refractivity contribution is 0.0663. The number of anilines is 2. The summed E-state index contributed by atoms with van der Waals surface area (Å²) in [5, 5.41) is 12.5. The van der Waals surface area contributed by atoms with Crippen LogP contribution in [0, 0.1) is 5.92 Å². The van der Waals surface area contributed by atoms with Crippen LogP contribution in [0.15, 0.2) is 10.7 Å². The molecule has 0 aromatic carbocycles. The number of furan rings is 1. The molecule has 2 heterocycles. The Morgan fingerprint density at radius 3 is 2.83 bits per heavy atom. The first-order chi connectivity index (χ1) is 8.58. The van der Waals surface area contributed by atoms with Crippen molar-refractivity contribution in [3.05, 3.63) is 12.0 Å². The SMILES string of the molecule is CCC(CC)C1CN(C)c2c(coc2C(=O)O)N1. The molecule has 1 aromatic rings. The van der Waals surface area contributed by atoms with Crippen molar-refractivity contribution < 1.29 is 14.3 Å². The predicted octanol–water partition coefficient (Wildman–Crippen LogP) is 2.64. The molecule has 100 valence electrons. The fourth-order valence-corrected chi connectivity index (χ4v) is 2.74. The van der Waals surface area contributed by atoms with Gasteiger partial charge in [0.15, 0.2) is 0 Å². The molecular weight excluding hydrogens is 232 g/mol. The number of rotatable bonds is 4. The van der Waals surface area contributed by atoms with Gasteiger partial charge in [-0.15, -0.1) is 0 Å². The van der Waals surface area contributed by atoms with Gasteiger partial charge in [0, 0.05) is 19.6 Å². The van der Waals surface area contributed by atoms with Crippen LogP contribution in [-0.2, 0) is 0 Å². The van der Waals surface area contributed by atoms with Gasteiger partial charge in [-0.05, 0) is 5.92 Å². The third-order valence-electron chi connectivity index (χ3n) is 3.77. The van der Waals surface area contributed by atoms with Crippen molar-refractivity contribution in [2.45, 2.75) is 32.7 Å². The van der Waals surface area contributed by atoms with Crippen LogP contribution >= 0.6 is 0 Å². The van der Waals surface area contributed by atoms with Crippen molar-refractivity contribution in [1.82, 2.24) is 0 Å². The summed E-state index contributed by atoms with van der Waals surface area (Å²) in [7, 11) is 1.91. The van der Waals surface area contributed by atoms with E-state index in [-0.39, 0.29) is 5.76 Å². The van der Waals surface area contributed by atoms with Crippen molar-refractivity contribution >= 4 is 17.3 Å². The van der Waals surface area contributed by atoms with Crippen molar-refractivity contribution in [1.29, 1.82) is 0 Å². The second-order valence-electron chi connectivity index (χ2n) is 4.84. The van der Waals surface area contributed by atoms with Crippen LogP contribution in [0.2, 0.25) is 0 Å². The molecule has 2 rings (SSSR count). The highest BCUT2D eigenvalue weighted by Crippen LogP contribution is 2.37. The van der Waals surface area contributed by atoms with Crippen LogP contribution in [0.1, 0.15) is 37.2 Å². The summed E-state index contributed by atoms with van der Waals surface area (Å²) in [6.45, 7) is 5.17.